The molecule has 0 spiro atoms. The lowest BCUT2D eigenvalue weighted by Gasteiger charge is -2.37. The molecule has 4 rings (SSSR count). The minimum Gasteiger partial charge on any atom is -1.00 e. The van der Waals surface area contributed by atoms with E-state index in [-0.39, 0.29) is 37.8 Å². The van der Waals surface area contributed by atoms with Gasteiger partial charge in [-0.1, -0.05) is 12.1 Å². The number of nitrogens with two attached hydrogens (primary N) is 1. The standard InChI is InChI=1S/C23H28F4N6O2.5H/c24-20-21(29-11-15-5-7-32(8-6-15)12-19(28)34)30-14-31-22(20)33-9-10-35-13-18(33)16-1-3-17(4-2-16)23(25,26)27;;;;;/h1-4,14-15,18H,5-13H2,(H2,28,34)(H,29,30,31);;;;;/q;5*-1/t18-;;;;;/m1...../s1. The second kappa shape index (κ2) is 10.7. The molecule has 0 radical (unpaired) electrons. The number of hydrogen-bond donors (Lipinski definition) is 2. The first kappa shape index (κ1) is 25.1. The number of alkyl halides is 3. The average molecular weight is 502 g/mol. The first-order chi connectivity index (χ1) is 16.7. The van der Waals surface area contributed by atoms with E-state index >= 15 is 4.39 Å². The Morgan fingerprint density at radius 3 is 2.54 bits per heavy atom. The van der Waals surface area contributed by atoms with E-state index in [1.54, 1.807) is 4.90 Å². The third-order valence-corrected chi connectivity index (χ3v) is 6.44. The van der Waals surface area contributed by atoms with Gasteiger partial charge in [0, 0.05) is 13.1 Å². The molecule has 3 N–H and O–H groups in total. The van der Waals surface area contributed by atoms with Gasteiger partial charge in [0.25, 0.3) is 0 Å². The maximum atomic E-state index is 15.4. The van der Waals surface area contributed by atoms with Crippen molar-refractivity contribution in [1.82, 2.24) is 14.9 Å². The molecule has 0 unspecified atom stereocenters. The van der Waals surface area contributed by atoms with Crippen LogP contribution in [-0.2, 0) is 15.7 Å². The molecule has 2 saturated heterocycles. The number of halogens is 4. The maximum absolute atomic E-state index is 15.4. The van der Waals surface area contributed by atoms with Crippen LogP contribution in [-0.4, -0.2) is 66.7 Å². The monoisotopic (exact) mass is 501 g/mol. The molecule has 8 nitrogen and oxygen atoms in total. The molecular formula is C23H33F4N6O2-5. The number of nitrogens with one attached hydrogen (secondary N) is 1. The summed E-state index contributed by atoms with van der Waals surface area (Å²) in [5.74, 6) is -0.522. The highest BCUT2D eigenvalue weighted by Gasteiger charge is 2.32. The Labute approximate surface area is 207 Å². The smallest absolute Gasteiger partial charge is 0.416 e. The number of likely N-dealkylation sites (tertiary alicyclic amines) is 1. The van der Waals surface area contributed by atoms with E-state index in [0.717, 1.165) is 38.1 Å². The lowest BCUT2D eigenvalue weighted by Crippen LogP contribution is -2.41. The van der Waals surface area contributed by atoms with Gasteiger partial charge in [0.2, 0.25) is 11.7 Å². The van der Waals surface area contributed by atoms with E-state index in [0.29, 0.717) is 31.2 Å². The Kier molecular flexibility index (Phi) is 7.70. The number of carbonyl (C=O) groups excluding carboxylic acids is 1. The maximum Gasteiger partial charge on any atom is 0.416 e. The summed E-state index contributed by atoms with van der Waals surface area (Å²) in [5, 5.41) is 3.08. The molecule has 2 aromatic rings. The molecule has 1 aromatic carbocycles. The highest BCUT2D eigenvalue weighted by molar-refractivity contribution is 5.75. The summed E-state index contributed by atoms with van der Waals surface area (Å²) in [6.45, 7) is 3.11. The number of hydrogen-bond acceptors (Lipinski definition) is 7. The van der Waals surface area contributed by atoms with Crippen LogP contribution in [0.5, 0.6) is 0 Å². The quantitative estimate of drug-likeness (QED) is 0.562. The Hall–Kier alpha value is -2.99. The largest absolute Gasteiger partial charge is 1.00 e. The normalized spacial score (nSPS) is 20.1. The fourth-order valence-electron chi connectivity index (χ4n) is 4.52. The van der Waals surface area contributed by atoms with Crippen molar-refractivity contribution in [2.24, 2.45) is 11.7 Å². The van der Waals surface area contributed by atoms with Crippen molar-refractivity contribution in [3.05, 3.63) is 47.5 Å². The molecular weight excluding hydrogens is 468 g/mol. The van der Waals surface area contributed by atoms with E-state index in [9.17, 15) is 18.0 Å². The number of piperidine rings is 1. The summed E-state index contributed by atoms with van der Waals surface area (Å²) in [4.78, 5) is 23.0. The lowest BCUT2D eigenvalue weighted by molar-refractivity contribution is -0.137. The van der Waals surface area contributed by atoms with Gasteiger partial charge in [-0.15, -0.1) is 0 Å². The van der Waals surface area contributed by atoms with Gasteiger partial charge >= 0.3 is 6.18 Å². The van der Waals surface area contributed by atoms with Gasteiger partial charge < -0.3 is 27.8 Å². The average Bonchev–Trinajstić information content (AvgIpc) is 2.84. The van der Waals surface area contributed by atoms with E-state index in [4.69, 9.17) is 10.5 Å². The van der Waals surface area contributed by atoms with Crippen molar-refractivity contribution >= 4 is 17.5 Å². The highest BCUT2D eigenvalue weighted by Crippen LogP contribution is 2.34. The number of carbonyl (C=O) groups is 1. The van der Waals surface area contributed by atoms with E-state index in [1.807, 2.05) is 4.90 Å². The van der Waals surface area contributed by atoms with Gasteiger partial charge in [-0.05, 0) is 49.5 Å². The zero-order valence-electron chi connectivity index (χ0n) is 24.1. The Morgan fingerprint density at radius 1 is 1.17 bits per heavy atom. The van der Waals surface area contributed by atoms with Crippen LogP contribution in [0.2, 0.25) is 0 Å². The Balaban J connectivity index is 0. The first-order valence-electron chi connectivity index (χ1n) is 11.5. The molecule has 200 valence electrons. The molecule has 1 aromatic heterocycles. The molecule has 0 bridgehead atoms. The molecule has 2 fully saturated rings. The summed E-state index contributed by atoms with van der Waals surface area (Å²) in [5.41, 5.74) is 5.08. The fourth-order valence-corrected chi connectivity index (χ4v) is 4.52. The lowest BCUT2D eigenvalue weighted by atomic mass is 9.97. The molecule has 0 aliphatic carbocycles. The van der Waals surface area contributed by atoms with Crippen molar-refractivity contribution in [3.8, 4) is 0 Å². The number of morpholine rings is 1. The molecule has 1 atom stereocenters. The molecule has 1 amide bonds. The van der Waals surface area contributed by atoms with Crippen molar-refractivity contribution in [3.63, 3.8) is 0 Å². The third kappa shape index (κ3) is 6.17. The van der Waals surface area contributed by atoms with Gasteiger partial charge in [0.15, 0.2) is 11.6 Å². The number of aromatic nitrogens is 2. The Morgan fingerprint density at radius 2 is 1.89 bits per heavy atom. The van der Waals surface area contributed by atoms with Crippen LogP contribution in [0.4, 0.5) is 29.2 Å². The number of benzene rings is 1. The third-order valence-electron chi connectivity index (χ3n) is 6.44. The highest BCUT2D eigenvalue weighted by atomic mass is 19.4. The van der Waals surface area contributed by atoms with Crippen molar-refractivity contribution in [1.29, 1.82) is 0 Å². The number of nitrogens with zero attached hydrogens (tertiary/aromatic N) is 4. The van der Waals surface area contributed by atoms with Crippen molar-refractivity contribution in [2.75, 3.05) is 56.2 Å². The second-order valence-electron chi connectivity index (χ2n) is 8.83. The van der Waals surface area contributed by atoms with Crippen LogP contribution in [0.15, 0.2) is 30.6 Å². The van der Waals surface area contributed by atoms with E-state index in [2.05, 4.69) is 15.3 Å². The minimum atomic E-state index is -4.43. The van der Waals surface area contributed by atoms with Gasteiger partial charge in [0.05, 0.1) is 31.4 Å². The topological polar surface area (TPSA) is 96.6 Å². The van der Waals surface area contributed by atoms with Gasteiger partial charge in [-0.3, -0.25) is 9.69 Å². The zero-order valence-corrected chi connectivity index (χ0v) is 19.1. The molecule has 2 aliphatic rings. The first-order valence-corrected chi connectivity index (χ1v) is 11.5. The summed E-state index contributed by atoms with van der Waals surface area (Å²) in [6, 6.07) is 4.31. The summed E-state index contributed by atoms with van der Waals surface area (Å²) >= 11 is 0. The predicted molar refractivity (Wildman–Crippen MR) is 127 cm³/mol. The molecule has 12 heteroatoms. The summed E-state index contributed by atoms with van der Waals surface area (Å²) in [6.07, 6.45) is -1.47. The fraction of sp³-hybridized carbons (Fsp3) is 0.522. The van der Waals surface area contributed by atoms with Crippen molar-refractivity contribution < 1.29 is 34.2 Å². The van der Waals surface area contributed by atoms with Crippen LogP contribution in [0.1, 0.15) is 37.1 Å². The number of primary amides is 1. The van der Waals surface area contributed by atoms with Crippen LogP contribution in [0.3, 0.4) is 0 Å². The van der Waals surface area contributed by atoms with Crippen LogP contribution >= 0.6 is 0 Å². The molecule has 3 heterocycles. The van der Waals surface area contributed by atoms with Crippen LogP contribution in [0.25, 0.3) is 0 Å². The van der Waals surface area contributed by atoms with Gasteiger partial charge in [-0.25, -0.2) is 9.97 Å². The number of amides is 1. The van der Waals surface area contributed by atoms with Crippen LogP contribution in [0, 0.1) is 11.7 Å². The SMILES string of the molecule is NC(=O)CN1CCC(CNc2ncnc(N3CCOC[C@@H]3c3ccc(C(F)(F)F)cc3)c2F)CC1.[H-].[H-].[H-].[H-].[H-]. The van der Waals surface area contributed by atoms with Gasteiger partial charge in [-0.2, -0.15) is 17.6 Å². The number of rotatable bonds is 7. The molecule has 0 saturated carbocycles. The summed E-state index contributed by atoms with van der Waals surface area (Å²) in [7, 11) is 0. The van der Waals surface area contributed by atoms with Crippen molar-refractivity contribution in [2.45, 2.75) is 25.1 Å². The number of ether oxygens (including phenoxy) is 1. The Bertz CT molecular complexity index is 1030. The zero-order chi connectivity index (χ0) is 25.0. The molecule has 2 aliphatic heterocycles. The van der Waals surface area contributed by atoms with Crippen LogP contribution < -0.4 is 16.0 Å². The summed E-state index contributed by atoms with van der Waals surface area (Å²) < 4.78 is 59.8. The van der Waals surface area contributed by atoms with E-state index < -0.39 is 23.6 Å². The minimum absolute atomic E-state index is 0. The molecule has 35 heavy (non-hydrogen) atoms. The number of anilines is 2. The van der Waals surface area contributed by atoms with Gasteiger partial charge in [0.1, 0.15) is 6.33 Å². The predicted octanol–water partition coefficient (Wildman–Crippen LogP) is 3.38. The second-order valence-corrected chi connectivity index (χ2v) is 8.83. The van der Waals surface area contributed by atoms with E-state index in [1.165, 1.54) is 18.5 Å².